The van der Waals surface area contributed by atoms with Crippen LogP contribution in [0.15, 0.2) is 53.4 Å². The molecule has 2 aliphatic rings. The highest BCUT2D eigenvalue weighted by Gasteiger charge is 2.26. The SMILES string of the molecule is CC1CCCN(Cc2ccc(NC(=O)CCc3ccc(S(=O)(=O)N4CCOCC4)cc3)cc2)C1. The van der Waals surface area contributed by atoms with Gasteiger partial charge in [0.25, 0.3) is 0 Å². The summed E-state index contributed by atoms with van der Waals surface area (Å²) in [6, 6.07) is 14.9. The van der Waals surface area contributed by atoms with E-state index < -0.39 is 10.0 Å². The van der Waals surface area contributed by atoms with E-state index in [-0.39, 0.29) is 10.8 Å². The number of hydrogen-bond acceptors (Lipinski definition) is 5. The molecule has 0 aromatic heterocycles. The van der Waals surface area contributed by atoms with Crippen LogP contribution in [0, 0.1) is 5.92 Å². The maximum Gasteiger partial charge on any atom is 0.243 e. The molecule has 2 aromatic carbocycles. The van der Waals surface area contributed by atoms with Crippen LogP contribution >= 0.6 is 0 Å². The fraction of sp³-hybridized carbons (Fsp3) is 0.500. The van der Waals surface area contributed by atoms with Crippen LogP contribution in [0.1, 0.15) is 37.3 Å². The zero-order chi connectivity index (χ0) is 24.0. The molecule has 1 atom stereocenters. The molecule has 8 heteroatoms. The van der Waals surface area contributed by atoms with Crippen molar-refractivity contribution in [2.45, 2.75) is 44.0 Å². The fourth-order valence-electron chi connectivity index (χ4n) is 4.63. The lowest BCUT2D eigenvalue weighted by Gasteiger charge is -2.30. The number of hydrogen-bond donors (Lipinski definition) is 1. The van der Waals surface area contributed by atoms with E-state index in [0.717, 1.165) is 36.8 Å². The molecule has 4 rings (SSSR count). The summed E-state index contributed by atoms with van der Waals surface area (Å²) in [7, 11) is -3.50. The molecular formula is C26H35N3O4S. The first-order chi connectivity index (χ1) is 16.4. The van der Waals surface area contributed by atoms with E-state index in [1.807, 2.05) is 12.1 Å². The number of aryl methyl sites for hydroxylation is 1. The second-order valence-corrected chi connectivity index (χ2v) is 11.3. The molecule has 1 amide bonds. The third-order valence-corrected chi connectivity index (χ3v) is 8.47. The molecule has 0 saturated carbocycles. The number of benzene rings is 2. The van der Waals surface area contributed by atoms with E-state index >= 15 is 0 Å². The van der Waals surface area contributed by atoms with Gasteiger partial charge in [0, 0.05) is 38.3 Å². The molecule has 0 aliphatic carbocycles. The van der Waals surface area contributed by atoms with Crippen LogP contribution in [-0.2, 0) is 32.5 Å². The molecule has 0 bridgehead atoms. The standard InChI is InChI=1S/C26H35N3O4S/c1-21-3-2-14-28(19-21)20-23-4-9-24(10-5-23)27-26(30)13-8-22-6-11-25(12-7-22)34(31,32)29-15-17-33-18-16-29/h4-7,9-12,21H,2-3,8,13-20H2,1H3,(H,27,30). The molecule has 1 N–H and O–H groups in total. The predicted octanol–water partition coefficient (Wildman–Crippen LogP) is 3.51. The van der Waals surface area contributed by atoms with E-state index in [0.29, 0.717) is 39.1 Å². The molecular weight excluding hydrogens is 450 g/mol. The number of ether oxygens (including phenoxy) is 1. The van der Waals surface area contributed by atoms with Gasteiger partial charge in [-0.1, -0.05) is 31.2 Å². The number of rotatable bonds is 8. The Morgan fingerprint density at radius 2 is 1.68 bits per heavy atom. The number of sulfonamides is 1. The van der Waals surface area contributed by atoms with Crippen molar-refractivity contribution in [2.24, 2.45) is 5.92 Å². The van der Waals surface area contributed by atoms with Crippen molar-refractivity contribution in [2.75, 3.05) is 44.7 Å². The summed E-state index contributed by atoms with van der Waals surface area (Å²) in [6.07, 6.45) is 3.47. The first-order valence-corrected chi connectivity index (χ1v) is 13.6. The van der Waals surface area contributed by atoms with Crippen LogP contribution in [-0.4, -0.2) is 62.9 Å². The Morgan fingerprint density at radius 3 is 2.35 bits per heavy atom. The molecule has 7 nitrogen and oxygen atoms in total. The smallest absolute Gasteiger partial charge is 0.243 e. The Balaban J connectivity index is 1.24. The van der Waals surface area contributed by atoms with E-state index in [1.165, 1.54) is 22.7 Å². The molecule has 184 valence electrons. The fourth-order valence-corrected chi connectivity index (χ4v) is 6.04. The number of nitrogens with zero attached hydrogens (tertiary/aromatic N) is 2. The summed E-state index contributed by atoms with van der Waals surface area (Å²) in [6.45, 7) is 7.18. The first-order valence-electron chi connectivity index (χ1n) is 12.2. The molecule has 2 saturated heterocycles. The second-order valence-electron chi connectivity index (χ2n) is 9.39. The van der Waals surface area contributed by atoms with Crippen LogP contribution in [0.2, 0.25) is 0 Å². The minimum absolute atomic E-state index is 0.0531. The first kappa shape index (κ1) is 24.9. The number of piperidine rings is 1. The summed E-state index contributed by atoms with van der Waals surface area (Å²) in [5.41, 5.74) is 2.99. The molecule has 2 aliphatic heterocycles. The van der Waals surface area contributed by atoms with Gasteiger partial charge in [-0.05, 0) is 67.1 Å². The summed E-state index contributed by atoms with van der Waals surface area (Å²) in [4.78, 5) is 15.2. The Hall–Kier alpha value is -2.26. The van der Waals surface area contributed by atoms with Crippen LogP contribution in [0.25, 0.3) is 0 Å². The second kappa shape index (κ2) is 11.4. The molecule has 2 fully saturated rings. The van der Waals surface area contributed by atoms with Crippen molar-refractivity contribution >= 4 is 21.6 Å². The van der Waals surface area contributed by atoms with Gasteiger partial charge < -0.3 is 10.1 Å². The predicted molar refractivity (Wildman–Crippen MR) is 133 cm³/mol. The summed E-state index contributed by atoms with van der Waals surface area (Å²) >= 11 is 0. The maximum absolute atomic E-state index is 12.7. The Morgan fingerprint density at radius 1 is 1.00 bits per heavy atom. The molecule has 34 heavy (non-hydrogen) atoms. The highest BCUT2D eigenvalue weighted by Crippen LogP contribution is 2.20. The third-order valence-electron chi connectivity index (χ3n) is 6.56. The topological polar surface area (TPSA) is 79.0 Å². The summed E-state index contributed by atoms with van der Waals surface area (Å²) in [5.74, 6) is 0.709. The Kier molecular flexibility index (Phi) is 8.37. The number of carbonyl (C=O) groups is 1. The number of nitrogens with one attached hydrogen (secondary N) is 1. The average Bonchev–Trinajstić information content (AvgIpc) is 2.85. The van der Waals surface area contributed by atoms with Gasteiger partial charge in [-0.2, -0.15) is 4.31 Å². The van der Waals surface area contributed by atoms with E-state index in [2.05, 4.69) is 29.3 Å². The van der Waals surface area contributed by atoms with Gasteiger partial charge in [0.05, 0.1) is 18.1 Å². The summed E-state index contributed by atoms with van der Waals surface area (Å²) < 4.78 is 32.1. The van der Waals surface area contributed by atoms with Crippen LogP contribution in [0.5, 0.6) is 0 Å². The number of likely N-dealkylation sites (tertiary alicyclic amines) is 1. The van der Waals surface area contributed by atoms with Gasteiger partial charge in [-0.25, -0.2) is 8.42 Å². The van der Waals surface area contributed by atoms with Crippen LogP contribution < -0.4 is 5.32 Å². The maximum atomic E-state index is 12.7. The zero-order valence-electron chi connectivity index (χ0n) is 19.9. The number of morpholine rings is 1. The van der Waals surface area contributed by atoms with Crippen molar-refractivity contribution in [1.82, 2.24) is 9.21 Å². The molecule has 2 heterocycles. The minimum Gasteiger partial charge on any atom is -0.379 e. The molecule has 0 radical (unpaired) electrons. The lowest BCUT2D eigenvalue weighted by Crippen LogP contribution is -2.40. The number of anilines is 1. The van der Waals surface area contributed by atoms with Gasteiger partial charge in [-0.15, -0.1) is 0 Å². The minimum atomic E-state index is -3.50. The quantitative estimate of drug-likeness (QED) is 0.619. The normalized spacial score (nSPS) is 20.2. The molecule has 2 aromatic rings. The van der Waals surface area contributed by atoms with E-state index in [9.17, 15) is 13.2 Å². The van der Waals surface area contributed by atoms with Gasteiger partial charge in [-0.3, -0.25) is 9.69 Å². The van der Waals surface area contributed by atoms with Crippen molar-refractivity contribution in [3.63, 3.8) is 0 Å². The molecule has 0 spiro atoms. The number of carbonyl (C=O) groups excluding carboxylic acids is 1. The van der Waals surface area contributed by atoms with Gasteiger partial charge in [0.2, 0.25) is 15.9 Å². The zero-order valence-corrected chi connectivity index (χ0v) is 20.7. The van der Waals surface area contributed by atoms with Gasteiger partial charge in [0.1, 0.15) is 0 Å². The Bertz CT molecular complexity index is 1050. The van der Waals surface area contributed by atoms with Gasteiger partial charge >= 0.3 is 0 Å². The lowest BCUT2D eigenvalue weighted by molar-refractivity contribution is -0.116. The average molecular weight is 486 g/mol. The van der Waals surface area contributed by atoms with E-state index in [1.54, 1.807) is 24.3 Å². The third kappa shape index (κ3) is 6.66. The summed E-state index contributed by atoms with van der Waals surface area (Å²) in [5, 5.41) is 2.96. The van der Waals surface area contributed by atoms with Gasteiger partial charge in [0.15, 0.2) is 0 Å². The Labute approximate surface area is 203 Å². The molecule has 1 unspecified atom stereocenters. The lowest BCUT2D eigenvalue weighted by atomic mass is 10.00. The number of amides is 1. The van der Waals surface area contributed by atoms with Crippen molar-refractivity contribution in [3.05, 3.63) is 59.7 Å². The van der Waals surface area contributed by atoms with Crippen molar-refractivity contribution in [1.29, 1.82) is 0 Å². The van der Waals surface area contributed by atoms with Crippen LogP contribution in [0.3, 0.4) is 0 Å². The van der Waals surface area contributed by atoms with Crippen LogP contribution in [0.4, 0.5) is 5.69 Å². The van der Waals surface area contributed by atoms with E-state index in [4.69, 9.17) is 4.74 Å². The monoisotopic (exact) mass is 485 g/mol. The highest BCUT2D eigenvalue weighted by atomic mass is 32.2. The van der Waals surface area contributed by atoms with Crippen molar-refractivity contribution in [3.8, 4) is 0 Å². The highest BCUT2D eigenvalue weighted by molar-refractivity contribution is 7.89. The van der Waals surface area contributed by atoms with Crippen molar-refractivity contribution < 1.29 is 17.9 Å². The largest absolute Gasteiger partial charge is 0.379 e.